The molecule has 7 rings (SSSR count). The Morgan fingerprint density at radius 2 is 1.79 bits per heavy atom. The van der Waals surface area contributed by atoms with E-state index in [0.29, 0.717) is 56.1 Å². The van der Waals surface area contributed by atoms with E-state index in [1.54, 1.807) is 27.2 Å². The summed E-state index contributed by atoms with van der Waals surface area (Å²) in [7, 11) is 1.36. The lowest BCUT2D eigenvalue weighted by molar-refractivity contribution is -0.110. The second-order valence-electron chi connectivity index (χ2n) is 17.1. The van der Waals surface area contributed by atoms with Crippen LogP contribution in [0.4, 0.5) is 5.69 Å². The topological polar surface area (TPSA) is 110 Å². The number of carbonyl (C=O) groups excluding carboxylic acids is 1. The summed E-state index contributed by atoms with van der Waals surface area (Å²) in [6.07, 6.45) is 9.96. The number of rotatable bonds is 10. The van der Waals surface area contributed by atoms with Crippen molar-refractivity contribution >= 4 is 33.2 Å². The van der Waals surface area contributed by atoms with Crippen molar-refractivity contribution in [2.45, 2.75) is 74.7 Å². The molecular formula is C43H61ClN4O7S. The van der Waals surface area contributed by atoms with Crippen LogP contribution in [-0.4, -0.2) is 128 Å². The summed E-state index contributed by atoms with van der Waals surface area (Å²) >= 11 is 6.51. The third-order valence-corrected chi connectivity index (χ3v) is 15.9. The largest absolute Gasteiger partial charge is 0.490 e. The van der Waals surface area contributed by atoms with Crippen molar-refractivity contribution in [1.82, 2.24) is 14.5 Å². The number of benzene rings is 2. The van der Waals surface area contributed by atoms with Crippen LogP contribution in [0.25, 0.3) is 0 Å². The van der Waals surface area contributed by atoms with Gasteiger partial charge in [-0.05, 0) is 105 Å². The first-order chi connectivity index (χ1) is 26.9. The number of carbonyl (C=O) groups is 1. The highest BCUT2D eigenvalue weighted by Gasteiger charge is 2.51. The average Bonchev–Trinajstić information content (AvgIpc) is 3.30. The maximum atomic E-state index is 13.7. The molecule has 2 aromatic carbocycles. The van der Waals surface area contributed by atoms with E-state index in [1.165, 1.54) is 11.1 Å². The summed E-state index contributed by atoms with van der Waals surface area (Å²) in [5.41, 5.74) is 2.82. The fourth-order valence-electron chi connectivity index (χ4n) is 9.95. The van der Waals surface area contributed by atoms with Gasteiger partial charge in [0, 0.05) is 89.2 Å². The molecule has 2 fully saturated rings. The zero-order chi connectivity index (χ0) is 39.7. The first-order valence-corrected chi connectivity index (χ1v) is 22.4. The van der Waals surface area contributed by atoms with Crippen LogP contribution in [0.5, 0.6) is 5.75 Å². The van der Waals surface area contributed by atoms with Crippen LogP contribution in [0.3, 0.4) is 0 Å². The molecule has 0 unspecified atom stereocenters. The molecule has 1 saturated heterocycles. The zero-order valence-corrected chi connectivity index (χ0v) is 35.4. The van der Waals surface area contributed by atoms with Crippen LogP contribution >= 0.6 is 11.6 Å². The van der Waals surface area contributed by atoms with E-state index in [9.17, 15) is 13.2 Å². The number of likely N-dealkylation sites (tertiary alicyclic amines) is 1. The lowest BCUT2D eigenvalue weighted by Crippen LogP contribution is -2.65. The molecule has 56 heavy (non-hydrogen) atoms. The number of allylic oxidation sites excluding steroid dienone is 1. The average molecular weight is 814 g/mol. The van der Waals surface area contributed by atoms with Gasteiger partial charge in [0.05, 0.1) is 30.8 Å². The molecule has 13 heteroatoms. The van der Waals surface area contributed by atoms with Gasteiger partial charge in [-0.3, -0.25) is 14.6 Å². The van der Waals surface area contributed by atoms with E-state index in [2.05, 4.69) is 43.7 Å². The van der Waals surface area contributed by atoms with Crippen molar-refractivity contribution in [1.29, 1.82) is 0 Å². The molecule has 1 amide bonds. The van der Waals surface area contributed by atoms with Crippen molar-refractivity contribution < 1.29 is 32.2 Å². The predicted molar refractivity (Wildman–Crippen MR) is 220 cm³/mol. The molecule has 1 N–H and O–H groups in total. The van der Waals surface area contributed by atoms with Crippen LogP contribution < -0.4 is 14.4 Å². The Bertz CT molecular complexity index is 1850. The number of halogens is 1. The van der Waals surface area contributed by atoms with Gasteiger partial charge in [0.25, 0.3) is 5.91 Å². The predicted octanol–water partition coefficient (Wildman–Crippen LogP) is 5.55. The van der Waals surface area contributed by atoms with Crippen molar-refractivity contribution in [2.75, 3.05) is 91.9 Å². The molecule has 2 bridgehead atoms. The molecule has 1 spiro atoms. The standard InChI is InChI=1S/C43H61ClN4O7S/c1-30-8-6-17-43(54-5,28-46-25-36(26-46)47(18-20-52-3)19-21-53-4)38-13-10-34(38)24-48-27-42(16-7-9-32-22-35(44)12-14-37(32)42)29-55-40-15-11-33(23-39(40)48)41(49)45-56(50,51)31(30)2/h6,11-12,14-15,17,22-23,30-31,34,36,38H,7-10,13,16,18-21,24-29H2,1-5H3,(H,45,49)/b17-6-/t30-,31+,34-,38+,42-,43+/m0/s1. The summed E-state index contributed by atoms with van der Waals surface area (Å²) in [6, 6.07) is 12.0. The molecule has 6 atom stereocenters. The van der Waals surface area contributed by atoms with Gasteiger partial charge in [-0.15, -0.1) is 0 Å². The van der Waals surface area contributed by atoms with Crippen LogP contribution in [0.1, 0.15) is 67.4 Å². The number of methoxy groups -OCH3 is 3. The number of aryl methyl sites for hydroxylation is 1. The molecule has 2 aliphatic carbocycles. The Morgan fingerprint density at radius 1 is 1.02 bits per heavy atom. The third-order valence-electron chi connectivity index (χ3n) is 13.7. The smallest absolute Gasteiger partial charge is 0.264 e. The van der Waals surface area contributed by atoms with Gasteiger partial charge in [-0.2, -0.15) is 0 Å². The minimum Gasteiger partial charge on any atom is -0.490 e. The molecule has 2 aromatic rings. The highest BCUT2D eigenvalue weighted by Crippen LogP contribution is 2.49. The number of nitrogens with zero attached hydrogens (tertiary/aromatic N) is 3. The van der Waals surface area contributed by atoms with Crippen LogP contribution in [0, 0.1) is 17.8 Å². The Morgan fingerprint density at radius 3 is 2.48 bits per heavy atom. The quantitative estimate of drug-likeness (QED) is 0.307. The maximum absolute atomic E-state index is 13.7. The van der Waals surface area contributed by atoms with Crippen molar-refractivity contribution in [3.63, 3.8) is 0 Å². The molecule has 0 aromatic heterocycles. The van der Waals surface area contributed by atoms with Crippen molar-refractivity contribution in [3.8, 4) is 5.75 Å². The van der Waals surface area contributed by atoms with E-state index in [-0.39, 0.29) is 17.3 Å². The van der Waals surface area contributed by atoms with E-state index in [4.69, 9.17) is 30.5 Å². The van der Waals surface area contributed by atoms with Gasteiger partial charge in [0.15, 0.2) is 0 Å². The third kappa shape index (κ3) is 8.40. The van der Waals surface area contributed by atoms with Gasteiger partial charge < -0.3 is 23.8 Å². The molecule has 3 heterocycles. The van der Waals surface area contributed by atoms with E-state index in [0.717, 1.165) is 82.1 Å². The normalized spacial score (nSPS) is 31.3. The SMILES string of the molecule is COCCN(CCOC)C1CN(C[C@]2(OC)/C=C\C[C@H](C)[C@@H](C)S(=O)(=O)NC(=O)c3ccc4c(c3)N(C[C@@H]3CC[C@H]32)C[C@@]2(CCCc3cc(Cl)ccc32)CO4)C1. The van der Waals surface area contributed by atoms with Crippen LogP contribution in [0.15, 0.2) is 48.6 Å². The second kappa shape index (κ2) is 17.3. The first kappa shape index (κ1) is 41.4. The number of hydrogen-bond donors (Lipinski definition) is 1. The van der Waals surface area contributed by atoms with E-state index < -0.39 is 26.8 Å². The van der Waals surface area contributed by atoms with Gasteiger partial charge in [0.2, 0.25) is 10.0 Å². The Balaban J connectivity index is 1.24. The lowest BCUT2D eigenvalue weighted by atomic mass is 9.63. The molecule has 11 nitrogen and oxygen atoms in total. The summed E-state index contributed by atoms with van der Waals surface area (Å²) in [5.74, 6) is 0.395. The molecule has 1 saturated carbocycles. The van der Waals surface area contributed by atoms with Gasteiger partial charge in [-0.1, -0.05) is 36.7 Å². The van der Waals surface area contributed by atoms with Crippen LogP contribution in [-0.2, 0) is 36.1 Å². The summed E-state index contributed by atoms with van der Waals surface area (Å²) < 4.78 is 54.0. The summed E-state index contributed by atoms with van der Waals surface area (Å²) in [5, 5.41) is -0.0514. The number of hydrogen-bond acceptors (Lipinski definition) is 10. The zero-order valence-electron chi connectivity index (χ0n) is 33.8. The highest BCUT2D eigenvalue weighted by atomic mass is 35.5. The molecule has 3 aliphatic heterocycles. The molecule has 5 aliphatic rings. The molecule has 308 valence electrons. The Kier molecular flexibility index (Phi) is 12.8. The van der Waals surface area contributed by atoms with Gasteiger partial charge in [0.1, 0.15) is 11.4 Å². The van der Waals surface area contributed by atoms with Crippen LogP contribution in [0.2, 0.25) is 5.02 Å². The maximum Gasteiger partial charge on any atom is 0.264 e. The van der Waals surface area contributed by atoms with Crippen molar-refractivity contribution in [2.24, 2.45) is 17.8 Å². The van der Waals surface area contributed by atoms with Crippen molar-refractivity contribution in [3.05, 3.63) is 70.3 Å². The molecular weight excluding hydrogens is 752 g/mol. The first-order valence-electron chi connectivity index (χ1n) is 20.4. The van der Waals surface area contributed by atoms with E-state index in [1.807, 2.05) is 32.2 Å². The number of sulfonamides is 1. The lowest BCUT2D eigenvalue weighted by Gasteiger charge is -2.54. The number of ether oxygens (including phenoxy) is 4. The van der Waals surface area contributed by atoms with E-state index >= 15 is 0 Å². The Labute approximate surface area is 339 Å². The second-order valence-corrected chi connectivity index (χ2v) is 19.5. The minimum absolute atomic E-state index is 0.234. The fourth-order valence-corrected chi connectivity index (χ4v) is 11.4. The number of anilines is 1. The molecule has 0 radical (unpaired) electrons. The highest BCUT2D eigenvalue weighted by molar-refractivity contribution is 7.90. The fraction of sp³-hybridized carbons (Fsp3) is 0.651. The van der Waals surface area contributed by atoms with Gasteiger partial charge in [-0.25, -0.2) is 13.1 Å². The summed E-state index contributed by atoms with van der Waals surface area (Å²) in [6.45, 7) is 11.3. The minimum atomic E-state index is -3.97. The number of nitrogens with one attached hydrogen (secondary N) is 1. The van der Waals surface area contributed by atoms with Gasteiger partial charge >= 0.3 is 0 Å². The monoisotopic (exact) mass is 812 g/mol. The summed E-state index contributed by atoms with van der Waals surface area (Å²) in [4.78, 5) is 21.1. The Hall–Kier alpha value is -2.71. The number of fused-ring (bicyclic) bond motifs is 4. The number of amides is 1.